The molecule has 1 aliphatic rings. The predicted octanol–water partition coefficient (Wildman–Crippen LogP) is -0.941. The molecule has 0 amide bonds. The van der Waals surface area contributed by atoms with Crippen molar-refractivity contribution < 1.29 is 8.42 Å². The lowest BCUT2D eigenvalue weighted by Gasteiger charge is -2.33. The quantitative estimate of drug-likeness (QED) is 0.767. The lowest BCUT2D eigenvalue weighted by Crippen LogP contribution is -2.48. The SMILES string of the molecule is CS(=O)(=O)N1CCN(c2ncc(CCN)cn2)CC1. The second-order valence-electron chi connectivity index (χ2n) is 4.58. The van der Waals surface area contributed by atoms with E-state index in [1.54, 1.807) is 12.4 Å². The summed E-state index contributed by atoms with van der Waals surface area (Å²) in [6.45, 7) is 2.77. The summed E-state index contributed by atoms with van der Waals surface area (Å²) >= 11 is 0. The molecule has 0 unspecified atom stereocenters. The van der Waals surface area contributed by atoms with E-state index in [9.17, 15) is 8.42 Å². The second kappa shape index (κ2) is 5.81. The molecule has 0 atom stereocenters. The molecule has 106 valence electrons. The standard InChI is InChI=1S/C11H19N5O2S/c1-19(17,18)16-6-4-15(5-7-16)11-13-8-10(2-3-12)9-14-11/h8-9H,2-7,12H2,1H3. The van der Waals surface area contributed by atoms with Crippen LogP contribution in [0.25, 0.3) is 0 Å². The third-order valence-corrected chi connectivity index (χ3v) is 4.42. The molecule has 0 bridgehead atoms. The Hall–Kier alpha value is -1.25. The zero-order valence-electron chi connectivity index (χ0n) is 11.0. The molecule has 1 fully saturated rings. The van der Waals surface area contributed by atoms with E-state index in [2.05, 4.69) is 9.97 Å². The molecule has 1 aliphatic heterocycles. The Balaban J connectivity index is 1.97. The number of hydrogen-bond acceptors (Lipinski definition) is 6. The van der Waals surface area contributed by atoms with Gasteiger partial charge in [-0.2, -0.15) is 4.31 Å². The summed E-state index contributed by atoms with van der Waals surface area (Å²) in [7, 11) is -3.09. The maximum Gasteiger partial charge on any atom is 0.225 e. The van der Waals surface area contributed by atoms with Crippen molar-refractivity contribution in [1.82, 2.24) is 14.3 Å². The minimum absolute atomic E-state index is 0.479. The molecule has 0 radical (unpaired) electrons. The molecular formula is C11H19N5O2S. The van der Waals surface area contributed by atoms with Crippen molar-refractivity contribution in [2.75, 3.05) is 43.9 Å². The van der Waals surface area contributed by atoms with Crippen LogP contribution in [0.3, 0.4) is 0 Å². The van der Waals surface area contributed by atoms with E-state index in [0.717, 1.165) is 12.0 Å². The molecule has 1 aromatic heterocycles. The van der Waals surface area contributed by atoms with Gasteiger partial charge in [-0.1, -0.05) is 0 Å². The first kappa shape index (κ1) is 14.2. The molecule has 8 heteroatoms. The summed E-state index contributed by atoms with van der Waals surface area (Å²) in [5, 5.41) is 0. The summed E-state index contributed by atoms with van der Waals surface area (Å²) < 4.78 is 24.3. The van der Waals surface area contributed by atoms with Gasteiger partial charge < -0.3 is 10.6 Å². The molecule has 2 rings (SSSR count). The normalized spacial score (nSPS) is 17.7. The Morgan fingerprint density at radius 2 is 1.79 bits per heavy atom. The largest absolute Gasteiger partial charge is 0.338 e. The Kier molecular flexibility index (Phi) is 4.33. The molecule has 1 aromatic rings. The van der Waals surface area contributed by atoms with Crippen LogP contribution < -0.4 is 10.6 Å². The predicted molar refractivity (Wildman–Crippen MR) is 73.4 cm³/mol. The molecule has 0 aliphatic carbocycles. The van der Waals surface area contributed by atoms with Crippen LogP contribution >= 0.6 is 0 Å². The van der Waals surface area contributed by atoms with Gasteiger partial charge in [-0.05, 0) is 18.5 Å². The van der Waals surface area contributed by atoms with Crippen molar-refractivity contribution in [1.29, 1.82) is 0 Å². The van der Waals surface area contributed by atoms with Gasteiger partial charge in [-0.25, -0.2) is 18.4 Å². The van der Waals surface area contributed by atoms with Crippen LogP contribution in [0.5, 0.6) is 0 Å². The van der Waals surface area contributed by atoms with Gasteiger partial charge in [0.05, 0.1) is 6.26 Å². The summed E-state index contributed by atoms with van der Waals surface area (Å²) in [4.78, 5) is 10.6. The number of hydrogen-bond donors (Lipinski definition) is 1. The number of sulfonamides is 1. The fourth-order valence-electron chi connectivity index (χ4n) is 2.03. The smallest absolute Gasteiger partial charge is 0.225 e. The molecule has 19 heavy (non-hydrogen) atoms. The average Bonchev–Trinajstić information content (AvgIpc) is 2.39. The molecule has 0 aromatic carbocycles. The van der Waals surface area contributed by atoms with Gasteiger partial charge in [0, 0.05) is 38.6 Å². The molecule has 1 saturated heterocycles. The fourth-order valence-corrected chi connectivity index (χ4v) is 2.85. The number of aromatic nitrogens is 2. The van der Waals surface area contributed by atoms with Gasteiger partial charge in [0.2, 0.25) is 16.0 Å². The van der Waals surface area contributed by atoms with Gasteiger partial charge in [0.1, 0.15) is 0 Å². The van der Waals surface area contributed by atoms with Crippen molar-refractivity contribution in [3.63, 3.8) is 0 Å². The first-order valence-corrected chi connectivity index (χ1v) is 8.06. The van der Waals surface area contributed by atoms with Gasteiger partial charge >= 0.3 is 0 Å². The van der Waals surface area contributed by atoms with E-state index in [4.69, 9.17) is 5.73 Å². The van der Waals surface area contributed by atoms with E-state index in [1.165, 1.54) is 10.6 Å². The highest BCUT2D eigenvalue weighted by atomic mass is 32.2. The number of nitrogens with zero attached hydrogens (tertiary/aromatic N) is 4. The maximum atomic E-state index is 11.4. The zero-order valence-corrected chi connectivity index (χ0v) is 11.8. The molecule has 7 nitrogen and oxygen atoms in total. The van der Waals surface area contributed by atoms with Crippen LogP contribution in [0.15, 0.2) is 12.4 Å². The Bertz CT molecular complexity index is 508. The summed E-state index contributed by atoms with van der Waals surface area (Å²) in [5.74, 6) is 0.647. The highest BCUT2D eigenvalue weighted by molar-refractivity contribution is 7.88. The molecule has 0 saturated carbocycles. The number of rotatable bonds is 4. The lowest BCUT2D eigenvalue weighted by molar-refractivity contribution is 0.385. The van der Waals surface area contributed by atoms with E-state index < -0.39 is 10.0 Å². The number of piperazine rings is 1. The van der Waals surface area contributed by atoms with Crippen LogP contribution in [0.4, 0.5) is 5.95 Å². The van der Waals surface area contributed by atoms with E-state index >= 15 is 0 Å². The first-order valence-electron chi connectivity index (χ1n) is 6.22. The van der Waals surface area contributed by atoms with E-state index in [1.807, 2.05) is 4.90 Å². The van der Waals surface area contributed by atoms with Crippen LogP contribution in [-0.4, -0.2) is 61.7 Å². The maximum absolute atomic E-state index is 11.4. The van der Waals surface area contributed by atoms with Crippen molar-refractivity contribution in [3.8, 4) is 0 Å². The Labute approximate surface area is 113 Å². The van der Waals surface area contributed by atoms with Gasteiger partial charge in [0.25, 0.3) is 0 Å². The van der Waals surface area contributed by atoms with Crippen molar-refractivity contribution in [2.45, 2.75) is 6.42 Å². The monoisotopic (exact) mass is 285 g/mol. The third-order valence-electron chi connectivity index (χ3n) is 3.12. The molecule has 2 N–H and O–H groups in total. The summed E-state index contributed by atoms with van der Waals surface area (Å²) in [6.07, 6.45) is 5.55. The number of anilines is 1. The Morgan fingerprint density at radius 1 is 1.21 bits per heavy atom. The van der Waals surface area contributed by atoms with Crippen LogP contribution in [0.2, 0.25) is 0 Å². The van der Waals surface area contributed by atoms with Gasteiger partial charge in [-0.15, -0.1) is 0 Å². The first-order chi connectivity index (χ1) is 9.00. The Morgan fingerprint density at radius 3 is 2.26 bits per heavy atom. The van der Waals surface area contributed by atoms with Gasteiger partial charge in [0.15, 0.2) is 0 Å². The van der Waals surface area contributed by atoms with Crippen LogP contribution in [0.1, 0.15) is 5.56 Å². The molecular weight excluding hydrogens is 266 g/mol. The lowest BCUT2D eigenvalue weighted by atomic mass is 10.2. The zero-order chi connectivity index (χ0) is 13.9. The van der Waals surface area contributed by atoms with Crippen molar-refractivity contribution >= 4 is 16.0 Å². The minimum atomic E-state index is -3.09. The van der Waals surface area contributed by atoms with E-state index in [0.29, 0.717) is 38.7 Å². The third kappa shape index (κ3) is 3.62. The molecule has 0 spiro atoms. The minimum Gasteiger partial charge on any atom is -0.338 e. The topological polar surface area (TPSA) is 92.4 Å². The number of nitrogens with two attached hydrogens (primary N) is 1. The van der Waals surface area contributed by atoms with Crippen molar-refractivity contribution in [2.24, 2.45) is 5.73 Å². The van der Waals surface area contributed by atoms with Crippen molar-refractivity contribution in [3.05, 3.63) is 18.0 Å². The molecule has 2 heterocycles. The fraction of sp³-hybridized carbons (Fsp3) is 0.636. The second-order valence-corrected chi connectivity index (χ2v) is 6.56. The average molecular weight is 285 g/mol. The summed E-state index contributed by atoms with van der Waals surface area (Å²) in [5.41, 5.74) is 6.48. The van der Waals surface area contributed by atoms with E-state index in [-0.39, 0.29) is 0 Å². The summed E-state index contributed by atoms with van der Waals surface area (Å²) in [6, 6.07) is 0. The van der Waals surface area contributed by atoms with Gasteiger partial charge in [-0.3, -0.25) is 0 Å². The highest BCUT2D eigenvalue weighted by Gasteiger charge is 2.24. The van der Waals surface area contributed by atoms with Crippen LogP contribution in [0, 0.1) is 0 Å². The highest BCUT2D eigenvalue weighted by Crippen LogP contribution is 2.12. The van der Waals surface area contributed by atoms with Crippen LogP contribution in [-0.2, 0) is 16.4 Å².